The summed E-state index contributed by atoms with van der Waals surface area (Å²) in [6.07, 6.45) is 0. The van der Waals surface area contributed by atoms with Crippen LogP contribution in [0, 0.1) is 0 Å². The fourth-order valence-electron chi connectivity index (χ4n) is 4.05. The highest BCUT2D eigenvalue weighted by molar-refractivity contribution is 7.88. The molecule has 0 bridgehead atoms. The standard InChI is InChI=1S/C23H29N3O4S/c27-23(22-8-4-7-21(17-22)18-24-13-15-30-16-14-24)25-9-11-26(12-10-25)31(28,29)19-20-5-2-1-3-6-20/h1-8,17H,9-16,18-19H2. The van der Waals surface area contributed by atoms with Gasteiger partial charge in [0.2, 0.25) is 10.0 Å². The number of ether oxygens (including phenoxy) is 1. The number of piperazine rings is 1. The lowest BCUT2D eigenvalue weighted by Crippen LogP contribution is -2.50. The first kappa shape index (κ1) is 22.0. The van der Waals surface area contributed by atoms with Crippen LogP contribution in [-0.4, -0.2) is 80.9 Å². The lowest BCUT2D eigenvalue weighted by Gasteiger charge is -2.34. The minimum absolute atomic E-state index is 0.00856. The minimum Gasteiger partial charge on any atom is -0.379 e. The lowest BCUT2D eigenvalue weighted by molar-refractivity contribution is 0.0341. The van der Waals surface area contributed by atoms with Crippen LogP contribution in [0.2, 0.25) is 0 Å². The maximum Gasteiger partial charge on any atom is 0.253 e. The molecule has 166 valence electrons. The van der Waals surface area contributed by atoms with Crippen molar-refractivity contribution in [2.24, 2.45) is 0 Å². The van der Waals surface area contributed by atoms with E-state index < -0.39 is 10.0 Å². The molecular weight excluding hydrogens is 414 g/mol. The van der Waals surface area contributed by atoms with Gasteiger partial charge in [0.25, 0.3) is 5.91 Å². The van der Waals surface area contributed by atoms with Crippen molar-refractivity contribution in [1.82, 2.24) is 14.1 Å². The molecule has 0 aliphatic carbocycles. The van der Waals surface area contributed by atoms with Gasteiger partial charge in [-0.05, 0) is 23.3 Å². The number of sulfonamides is 1. The molecule has 2 heterocycles. The molecule has 2 aliphatic rings. The van der Waals surface area contributed by atoms with E-state index >= 15 is 0 Å². The first-order valence-electron chi connectivity index (χ1n) is 10.7. The Morgan fingerprint density at radius 1 is 0.839 bits per heavy atom. The zero-order valence-corrected chi connectivity index (χ0v) is 18.5. The summed E-state index contributed by atoms with van der Waals surface area (Å²) in [6.45, 7) is 5.56. The Hall–Kier alpha value is -2.26. The van der Waals surface area contributed by atoms with Gasteiger partial charge in [-0.15, -0.1) is 0 Å². The second-order valence-corrected chi connectivity index (χ2v) is 9.99. The van der Waals surface area contributed by atoms with E-state index in [2.05, 4.69) is 4.90 Å². The second-order valence-electron chi connectivity index (χ2n) is 8.02. The summed E-state index contributed by atoms with van der Waals surface area (Å²) >= 11 is 0. The fraction of sp³-hybridized carbons (Fsp3) is 0.435. The highest BCUT2D eigenvalue weighted by Gasteiger charge is 2.29. The number of hydrogen-bond acceptors (Lipinski definition) is 5. The van der Waals surface area contributed by atoms with Crippen LogP contribution >= 0.6 is 0 Å². The van der Waals surface area contributed by atoms with E-state index in [4.69, 9.17) is 4.74 Å². The van der Waals surface area contributed by atoms with Crippen molar-refractivity contribution < 1.29 is 17.9 Å². The maximum absolute atomic E-state index is 13.0. The van der Waals surface area contributed by atoms with E-state index in [0.717, 1.165) is 44.0 Å². The van der Waals surface area contributed by atoms with Crippen molar-refractivity contribution in [3.63, 3.8) is 0 Å². The SMILES string of the molecule is O=C(c1cccc(CN2CCOCC2)c1)N1CCN(S(=O)(=O)Cc2ccccc2)CC1. The summed E-state index contributed by atoms with van der Waals surface area (Å²) in [5, 5.41) is 0. The van der Waals surface area contributed by atoms with E-state index in [0.29, 0.717) is 31.7 Å². The Morgan fingerprint density at radius 2 is 1.52 bits per heavy atom. The largest absolute Gasteiger partial charge is 0.379 e. The maximum atomic E-state index is 13.0. The van der Waals surface area contributed by atoms with E-state index in [-0.39, 0.29) is 11.7 Å². The number of hydrogen-bond donors (Lipinski definition) is 0. The quantitative estimate of drug-likeness (QED) is 0.681. The van der Waals surface area contributed by atoms with E-state index in [1.807, 2.05) is 54.6 Å². The van der Waals surface area contributed by atoms with Gasteiger partial charge in [0, 0.05) is 51.4 Å². The summed E-state index contributed by atoms with van der Waals surface area (Å²) in [5.41, 5.74) is 2.54. The average Bonchev–Trinajstić information content (AvgIpc) is 2.80. The topological polar surface area (TPSA) is 70.2 Å². The Labute approximate surface area is 184 Å². The van der Waals surface area contributed by atoms with Gasteiger partial charge in [-0.1, -0.05) is 42.5 Å². The molecule has 31 heavy (non-hydrogen) atoms. The molecule has 1 amide bonds. The highest BCUT2D eigenvalue weighted by atomic mass is 32.2. The van der Waals surface area contributed by atoms with Crippen LogP contribution in [0.1, 0.15) is 21.5 Å². The third-order valence-electron chi connectivity index (χ3n) is 5.79. The molecule has 2 fully saturated rings. The molecule has 2 saturated heterocycles. The van der Waals surface area contributed by atoms with E-state index in [1.165, 1.54) is 4.31 Å². The molecule has 0 saturated carbocycles. The normalized spacial score (nSPS) is 18.8. The number of rotatable bonds is 6. The fourth-order valence-corrected chi connectivity index (χ4v) is 5.56. The molecule has 0 radical (unpaired) electrons. The number of benzene rings is 2. The monoisotopic (exact) mass is 443 g/mol. The van der Waals surface area contributed by atoms with Crippen LogP contribution < -0.4 is 0 Å². The molecule has 0 aromatic heterocycles. The van der Waals surface area contributed by atoms with Gasteiger partial charge in [-0.3, -0.25) is 9.69 Å². The first-order valence-corrected chi connectivity index (χ1v) is 12.3. The number of carbonyl (C=O) groups excluding carboxylic acids is 1. The van der Waals surface area contributed by atoms with Gasteiger partial charge in [0.1, 0.15) is 0 Å². The lowest BCUT2D eigenvalue weighted by atomic mass is 10.1. The van der Waals surface area contributed by atoms with Crippen LogP contribution in [0.5, 0.6) is 0 Å². The molecule has 8 heteroatoms. The number of morpholine rings is 1. The Kier molecular flexibility index (Phi) is 7.02. The summed E-state index contributed by atoms with van der Waals surface area (Å²) < 4.78 is 32.4. The van der Waals surface area contributed by atoms with Crippen LogP contribution in [0.3, 0.4) is 0 Å². The van der Waals surface area contributed by atoms with Gasteiger partial charge in [-0.2, -0.15) is 4.31 Å². The van der Waals surface area contributed by atoms with Crippen molar-refractivity contribution in [1.29, 1.82) is 0 Å². The number of nitrogens with zero attached hydrogens (tertiary/aromatic N) is 3. The molecular formula is C23H29N3O4S. The highest BCUT2D eigenvalue weighted by Crippen LogP contribution is 2.17. The summed E-state index contributed by atoms with van der Waals surface area (Å²) in [7, 11) is -3.39. The summed E-state index contributed by atoms with van der Waals surface area (Å²) in [5.74, 6) is -0.0466. The molecule has 0 spiro atoms. The van der Waals surface area contributed by atoms with Crippen molar-refractivity contribution >= 4 is 15.9 Å². The first-order chi connectivity index (χ1) is 15.0. The summed E-state index contributed by atoms with van der Waals surface area (Å²) in [4.78, 5) is 17.1. The van der Waals surface area contributed by atoms with Gasteiger partial charge in [0.05, 0.1) is 19.0 Å². The van der Waals surface area contributed by atoms with Gasteiger partial charge >= 0.3 is 0 Å². The Morgan fingerprint density at radius 3 is 2.23 bits per heavy atom. The van der Waals surface area contributed by atoms with Crippen LogP contribution in [0.15, 0.2) is 54.6 Å². The zero-order valence-electron chi connectivity index (χ0n) is 17.7. The third-order valence-corrected chi connectivity index (χ3v) is 7.65. The third kappa shape index (κ3) is 5.71. The molecule has 7 nitrogen and oxygen atoms in total. The zero-order chi connectivity index (χ0) is 21.7. The number of amides is 1. The molecule has 0 atom stereocenters. The van der Waals surface area contributed by atoms with Crippen LogP contribution in [0.4, 0.5) is 0 Å². The van der Waals surface area contributed by atoms with Gasteiger partial charge < -0.3 is 9.64 Å². The van der Waals surface area contributed by atoms with E-state index in [1.54, 1.807) is 4.90 Å². The molecule has 2 aromatic carbocycles. The van der Waals surface area contributed by atoms with Crippen molar-refractivity contribution in [3.8, 4) is 0 Å². The van der Waals surface area contributed by atoms with Crippen LogP contribution in [0.25, 0.3) is 0 Å². The van der Waals surface area contributed by atoms with Crippen LogP contribution in [-0.2, 0) is 27.1 Å². The predicted octanol–water partition coefficient (Wildman–Crippen LogP) is 1.81. The van der Waals surface area contributed by atoms with Gasteiger partial charge in [0.15, 0.2) is 0 Å². The Bertz CT molecular complexity index is 983. The Balaban J connectivity index is 1.34. The van der Waals surface area contributed by atoms with Crippen molar-refractivity contribution in [2.45, 2.75) is 12.3 Å². The molecule has 0 unspecified atom stereocenters. The predicted molar refractivity (Wildman–Crippen MR) is 119 cm³/mol. The molecule has 0 N–H and O–H groups in total. The molecule has 2 aromatic rings. The minimum atomic E-state index is -3.39. The molecule has 2 aliphatic heterocycles. The average molecular weight is 444 g/mol. The second kappa shape index (κ2) is 9.91. The molecule has 4 rings (SSSR count). The smallest absolute Gasteiger partial charge is 0.253 e. The van der Waals surface area contributed by atoms with Crippen molar-refractivity contribution in [3.05, 3.63) is 71.3 Å². The van der Waals surface area contributed by atoms with E-state index in [9.17, 15) is 13.2 Å². The van der Waals surface area contributed by atoms with Crippen molar-refractivity contribution in [2.75, 3.05) is 52.5 Å². The summed E-state index contributed by atoms with van der Waals surface area (Å²) in [6, 6.07) is 17.0. The number of carbonyl (C=O) groups is 1. The van der Waals surface area contributed by atoms with Gasteiger partial charge in [-0.25, -0.2) is 8.42 Å².